The molecule has 0 aromatic heterocycles. The van der Waals surface area contributed by atoms with Gasteiger partial charge in [0.25, 0.3) is 0 Å². The minimum atomic E-state index is -0.900. The molecule has 0 saturated heterocycles. The number of carbonyl (C=O) groups is 2. The van der Waals surface area contributed by atoms with E-state index in [1.54, 1.807) is 32.0 Å². The van der Waals surface area contributed by atoms with Crippen molar-refractivity contribution in [3.8, 4) is 11.5 Å². The maximum atomic E-state index is 11.8. The molecule has 0 heterocycles. The van der Waals surface area contributed by atoms with Crippen LogP contribution in [0.2, 0.25) is 0 Å². The summed E-state index contributed by atoms with van der Waals surface area (Å²) in [4.78, 5) is 22.8. The van der Waals surface area contributed by atoms with E-state index in [0.29, 0.717) is 17.1 Å². The molecule has 1 rings (SSSR count). The molecule has 0 aliphatic heterocycles. The Bertz CT molecular complexity index is 539. The smallest absolute Gasteiger partial charge is 0.313 e. The van der Waals surface area contributed by atoms with Gasteiger partial charge in [-0.3, -0.25) is 9.59 Å². The van der Waals surface area contributed by atoms with Gasteiger partial charge in [-0.2, -0.15) is 0 Å². The Morgan fingerprint density at radius 2 is 1.81 bits per heavy atom. The van der Waals surface area contributed by atoms with Crippen LogP contribution < -0.4 is 15.2 Å². The molecule has 1 aromatic carbocycles. The monoisotopic (exact) mass is 295 g/mol. The largest absolute Gasteiger partial charge is 0.493 e. The van der Waals surface area contributed by atoms with Crippen molar-refractivity contribution in [2.45, 2.75) is 26.8 Å². The summed E-state index contributed by atoms with van der Waals surface area (Å²) in [7, 11) is 2.78. The van der Waals surface area contributed by atoms with Crippen molar-refractivity contribution in [3.05, 3.63) is 23.8 Å². The Kier molecular flexibility index (Phi) is 5.32. The minimum absolute atomic E-state index is 0.303. The Balaban J connectivity index is 3.14. The topological polar surface area (TPSA) is 87.9 Å². The van der Waals surface area contributed by atoms with Crippen molar-refractivity contribution in [1.29, 1.82) is 0 Å². The molecular weight excluding hydrogens is 274 g/mol. The standard InChI is InChI=1S/C15H21NO5/c1-9(17)21-11-7-6-10(8-12(11)19-4)13(16)15(2,3)14(18)20-5/h6-8,13H,16H2,1-5H3/t13-/m0/s1. The molecule has 6 heteroatoms. The molecule has 116 valence electrons. The molecule has 0 bridgehead atoms. The average molecular weight is 295 g/mol. The van der Waals surface area contributed by atoms with E-state index in [9.17, 15) is 9.59 Å². The fraction of sp³-hybridized carbons (Fsp3) is 0.467. The second-order valence-electron chi connectivity index (χ2n) is 5.19. The van der Waals surface area contributed by atoms with Gasteiger partial charge in [0.1, 0.15) is 0 Å². The quantitative estimate of drug-likeness (QED) is 0.658. The average Bonchev–Trinajstić information content (AvgIpc) is 2.45. The van der Waals surface area contributed by atoms with Crippen LogP contribution in [0, 0.1) is 5.41 Å². The van der Waals surface area contributed by atoms with E-state index in [0.717, 1.165) is 0 Å². The third-order valence-electron chi connectivity index (χ3n) is 3.29. The van der Waals surface area contributed by atoms with E-state index in [2.05, 4.69) is 0 Å². The summed E-state index contributed by atoms with van der Waals surface area (Å²) < 4.78 is 15.0. The Hall–Kier alpha value is -2.08. The fourth-order valence-electron chi connectivity index (χ4n) is 1.92. The van der Waals surface area contributed by atoms with Gasteiger partial charge in [0.2, 0.25) is 0 Å². The van der Waals surface area contributed by atoms with Gasteiger partial charge in [0.05, 0.1) is 19.6 Å². The van der Waals surface area contributed by atoms with Gasteiger partial charge in [-0.25, -0.2) is 0 Å². The number of ether oxygens (including phenoxy) is 3. The molecule has 6 nitrogen and oxygen atoms in total. The highest BCUT2D eigenvalue weighted by Gasteiger charge is 2.37. The van der Waals surface area contributed by atoms with Gasteiger partial charge >= 0.3 is 11.9 Å². The lowest BCUT2D eigenvalue weighted by atomic mass is 9.81. The summed E-state index contributed by atoms with van der Waals surface area (Å²) in [6.07, 6.45) is 0. The van der Waals surface area contributed by atoms with Crippen LogP contribution in [0.3, 0.4) is 0 Å². The van der Waals surface area contributed by atoms with Gasteiger partial charge in [0, 0.05) is 13.0 Å². The van der Waals surface area contributed by atoms with Crippen molar-refractivity contribution < 1.29 is 23.8 Å². The van der Waals surface area contributed by atoms with Crippen LogP contribution >= 0.6 is 0 Å². The van der Waals surface area contributed by atoms with Crippen molar-refractivity contribution >= 4 is 11.9 Å². The molecule has 0 spiro atoms. The van der Waals surface area contributed by atoms with Crippen LogP contribution in [0.25, 0.3) is 0 Å². The SMILES string of the molecule is COC(=O)C(C)(C)[C@@H](N)c1ccc(OC(C)=O)c(OC)c1. The predicted octanol–water partition coefficient (Wildman–Crippen LogP) is 1.82. The number of hydrogen-bond donors (Lipinski definition) is 1. The minimum Gasteiger partial charge on any atom is -0.493 e. The van der Waals surface area contributed by atoms with Crippen molar-refractivity contribution in [2.24, 2.45) is 11.1 Å². The number of carbonyl (C=O) groups excluding carboxylic acids is 2. The van der Waals surface area contributed by atoms with Crippen LogP contribution in [0.1, 0.15) is 32.4 Å². The lowest BCUT2D eigenvalue weighted by Gasteiger charge is -2.29. The second kappa shape index (κ2) is 6.58. The number of methoxy groups -OCH3 is 2. The predicted molar refractivity (Wildman–Crippen MR) is 77.0 cm³/mol. The first-order valence-corrected chi connectivity index (χ1v) is 6.44. The Morgan fingerprint density at radius 3 is 2.29 bits per heavy atom. The first-order chi connectivity index (χ1) is 9.73. The van der Waals surface area contributed by atoms with Crippen LogP contribution in [-0.4, -0.2) is 26.2 Å². The van der Waals surface area contributed by atoms with E-state index in [-0.39, 0.29) is 0 Å². The van der Waals surface area contributed by atoms with Gasteiger partial charge < -0.3 is 19.9 Å². The molecule has 0 fully saturated rings. The summed E-state index contributed by atoms with van der Waals surface area (Å²) in [6, 6.07) is 4.33. The number of hydrogen-bond acceptors (Lipinski definition) is 6. The molecule has 0 aliphatic carbocycles. The van der Waals surface area contributed by atoms with Crippen molar-refractivity contribution in [2.75, 3.05) is 14.2 Å². The molecule has 1 atom stereocenters. The highest BCUT2D eigenvalue weighted by atomic mass is 16.6. The lowest BCUT2D eigenvalue weighted by molar-refractivity contribution is -0.152. The third kappa shape index (κ3) is 3.72. The van der Waals surface area contributed by atoms with E-state index in [1.165, 1.54) is 21.1 Å². The Morgan fingerprint density at radius 1 is 1.19 bits per heavy atom. The Labute approximate surface area is 124 Å². The fourth-order valence-corrected chi connectivity index (χ4v) is 1.92. The van der Waals surface area contributed by atoms with Crippen LogP contribution in [0.4, 0.5) is 0 Å². The van der Waals surface area contributed by atoms with Crippen LogP contribution in [-0.2, 0) is 14.3 Å². The maximum Gasteiger partial charge on any atom is 0.313 e. The summed E-state index contributed by atoms with van der Waals surface area (Å²) >= 11 is 0. The highest BCUT2D eigenvalue weighted by Crippen LogP contribution is 2.36. The van der Waals surface area contributed by atoms with Gasteiger partial charge in [-0.1, -0.05) is 6.07 Å². The number of rotatable bonds is 5. The first kappa shape index (κ1) is 17.0. The number of benzene rings is 1. The van der Waals surface area contributed by atoms with Crippen LogP contribution in [0.15, 0.2) is 18.2 Å². The molecule has 1 aromatic rings. The second-order valence-corrected chi connectivity index (χ2v) is 5.19. The molecule has 2 N–H and O–H groups in total. The van der Waals surface area contributed by atoms with E-state index in [1.807, 2.05) is 0 Å². The third-order valence-corrected chi connectivity index (χ3v) is 3.29. The summed E-state index contributed by atoms with van der Waals surface area (Å²) in [5, 5.41) is 0. The van der Waals surface area contributed by atoms with E-state index < -0.39 is 23.4 Å². The van der Waals surface area contributed by atoms with E-state index in [4.69, 9.17) is 19.9 Å². The maximum absolute atomic E-state index is 11.8. The zero-order valence-corrected chi connectivity index (χ0v) is 12.9. The molecule has 21 heavy (non-hydrogen) atoms. The molecule has 0 unspecified atom stereocenters. The number of nitrogens with two attached hydrogens (primary N) is 1. The van der Waals surface area contributed by atoms with Gasteiger partial charge in [0.15, 0.2) is 11.5 Å². The van der Waals surface area contributed by atoms with Gasteiger partial charge in [-0.15, -0.1) is 0 Å². The summed E-state index contributed by atoms with van der Waals surface area (Å²) in [5.74, 6) is -0.172. The van der Waals surface area contributed by atoms with Crippen molar-refractivity contribution in [1.82, 2.24) is 0 Å². The normalized spacial score (nSPS) is 12.5. The zero-order valence-electron chi connectivity index (χ0n) is 12.9. The first-order valence-electron chi connectivity index (χ1n) is 6.44. The van der Waals surface area contributed by atoms with Gasteiger partial charge in [-0.05, 0) is 31.5 Å². The molecule has 0 aliphatic rings. The zero-order chi connectivity index (χ0) is 16.2. The molecule has 0 radical (unpaired) electrons. The van der Waals surface area contributed by atoms with E-state index >= 15 is 0 Å². The molecular formula is C15H21NO5. The van der Waals surface area contributed by atoms with Crippen LogP contribution in [0.5, 0.6) is 11.5 Å². The summed E-state index contributed by atoms with van der Waals surface area (Å²) in [6.45, 7) is 4.71. The summed E-state index contributed by atoms with van der Waals surface area (Å²) in [5.41, 5.74) is 5.94. The molecule has 0 amide bonds. The highest BCUT2D eigenvalue weighted by molar-refractivity contribution is 5.77. The molecule has 0 saturated carbocycles. The lowest BCUT2D eigenvalue weighted by Crippen LogP contribution is -2.37. The number of esters is 2. The van der Waals surface area contributed by atoms with Crippen molar-refractivity contribution in [3.63, 3.8) is 0 Å².